The highest BCUT2D eigenvalue weighted by Gasteiger charge is 2.46. The summed E-state index contributed by atoms with van der Waals surface area (Å²) in [6.45, 7) is 0.0921. The first-order valence-electron chi connectivity index (χ1n) is 9.03. The van der Waals surface area contributed by atoms with E-state index in [0.29, 0.717) is 29.2 Å². The maximum Gasteiger partial charge on any atom is 0.397 e. The number of hydrogen-bond acceptors (Lipinski definition) is 3. The normalized spacial score (nSPS) is 16.3. The summed E-state index contributed by atoms with van der Waals surface area (Å²) in [5, 5.41) is 9.35. The van der Waals surface area contributed by atoms with Crippen LogP contribution >= 0.6 is 0 Å². The number of aliphatic hydroxyl groups is 1. The zero-order valence-corrected chi connectivity index (χ0v) is 15.0. The number of aromatic nitrogens is 1. The quantitative estimate of drug-likeness (QED) is 0.695. The second-order valence-electron chi connectivity index (χ2n) is 6.86. The topological polar surface area (TPSA) is 36.4 Å². The van der Waals surface area contributed by atoms with Gasteiger partial charge in [-0.25, -0.2) is 0 Å². The molecule has 0 radical (unpaired) electrons. The lowest BCUT2D eigenvalue weighted by molar-refractivity contribution is -0.146. The Bertz CT molecular complexity index is 987. The number of halogens is 3. The first-order chi connectivity index (χ1) is 13.5. The fourth-order valence-corrected chi connectivity index (χ4v) is 3.75. The number of benzene rings is 2. The Morgan fingerprint density at radius 3 is 2.50 bits per heavy atom. The van der Waals surface area contributed by atoms with E-state index in [1.807, 2.05) is 36.4 Å². The molecule has 28 heavy (non-hydrogen) atoms. The largest absolute Gasteiger partial charge is 0.397 e. The smallest absolute Gasteiger partial charge is 0.390 e. The van der Waals surface area contributed by atoms with Crippen molar-refractivity contribution in [2.24, 2.45) is 0 Å². The SMILES string of the molecule is OCc1cccc(-c2ccccc2CN2CC(C(F)(F)F)c3ccccc32)n1. The number of fused-ring (bicyclic) bond motifs is 1. The Hall–Kier alpha value is -2.86. The van der Waals surface area contributed by atoms with Gasteiger partial charge in [0.05, 0.1) is 23.9 Å². The number of aliphatic hydroxyl groups excluding tert-OH is 1. The van der Waals surface area contributed by atoms with Gasteiger partial charge >= 0.3 is 6.18 Å². The van der Waals surface area contributed by atoms with Crippen LogP contribution < -0.4 is 4.90 Å². The van der Waals surface area contributed by atoms with E-state index in [1.54, 1.807) is 35.2 Å². The van der Waals surface area contributed by atoms with Crippen LogP contribution in [0.5, 0.6) is 0 Å². The van der Waals surface area contributed by atoms with Crippen LogP contribution in [-0.2, 0) is 13.2 Å². The standard InChI is InChI=1S/C22H19F3N2O/c23-22(24,25)19-13-27(21-11-4-3-9-18(19)21)12-15-6-1-2-8-17(15)20-10-5-7-16(14-28)26-20/h1-11,19,28H,12-14H2. The van der Waals surface area contributed by atoms with Gasteiger partial charge in [0.2, 0.25) is 0 Å². The molecule has 0 bridgehead atoms. The molecular formula is C22H19F3N2O. The van der Waals surface area contributed by atoms with Crippen LogP contribution in [0.25, 0.3) is 11.3 Å². The van der Waals surface area contributed by atoms with Crippen molar-refractivity contribution in [3.05, 3.63) is 83.6 Å². The Kier molecular flexibility index (Phi) is 4.81. The zero-order chi connectivity index (χ0) is 19.7. The molecule has 1 aliphatic heterocycles. The van der Waals surface area contributed by atoms with Gasteiger partial charge in [-0.3, -0.25) is 4.98 Å². The molecule has 1 atom stereocenters. The third-order valence-corrected chi connectivity index (χ3v) is 5.07. The molecule has 144 valence electrons. The lowest BCUT2D eigenvalue weighted by Crippen LogP contribution is -2.28. The van der Waals surface area contributed by atoms with E-state index in [4.69, 9.17) is 0 Å². The van der Waals surface area contributed by atoms with Crippen LogP contribution in [0.15, 0.2) is 66.7 Å². The fourth-order valence-electron chi connectivity index (χ4n) is 3.75. The van der Waals surface area contributed by atoms with Crippen LogP contribution in [0.3, 0.4) is 0 Å². The van der Waals surface area contributed by atoms with E-state index in [-0.39, 0.29) is 13.2 Å². The van der Waals surface area contributed by atoms with Crippen molar-refractivity contribution >= 4 is 5.69 Å². The molecule has 0 aliphatic carbocycles. The fraction of sp³-hybridized carbons (Fsp3) is 0.227. The van der Waals surface area contributed by atoms with Crippen molar-refractivity contribution in [3.8, 4) is 11.3 Å². The minimum Gasteiger partial charge on any atom is -0.390 e. The molecule has 2 aromatic carbocycles. The highest BCUT2D eigenvalue weighted by Crippen LogP contribution is 2.45. The van der Waals surface area contributed by atoms with Crippen LogP contribution in [0, 0.1) is 0 Å². The predicted molar refractivity (Wildman–Crippen MR) is 102 cm³/mol. The van der Waals surface area contributed by atoms with Gasteiger partial charge in [-0.15, -0.1) is 0 Å². The highest BCUT2D eigenvalue weighted by atomic mass is 19.4. The second kappa shape index (κ2) is 7.28. The molecule has 0 saturated heterocycles. The zero-order valence-electron chi connectivity index (χ0n) is 15.0. The number of para-hydroxylation sites is 1. The summed E-state index contributed by atoms with van der Waals surface area (Å²) in [6.07, 6.45) is -4.28. The molecule has 1 unspecified atom stereocenters. The summed E-state index contributed by atoms with van der Waals surface area (Å²) < 4.78 is 40.6. The number of alkyl halides is 3. The molecule has 0 amide bonds. The van der Waals surface area contributed by atoms with Crippen molar-refractivity contribution in [2.75, 3.05) is 11.4 Å². The molecule has 4 rings (SSSR count). The van der Waals surface area contributed by atoms with Crippen molar-refractivity contribution in [1.82, 2.24) is 4.98 Å². The van der Waals surface area contributed by atoms with E-state index < -0.39 is 12.1 Å². The molecule has 0 spiro atoms. The number of rotatable bonds is 4. The van der Waals surface area contributed by atoms with Gasteiger partial charge in [-0.1, -0.05) is 48.5 Å². The van der Waals surface area contributed by atoms with Crippen molar-refractivity contribution in [1.29, 1.82) is 0 Å². The van der Waals surface area contributed by atoms with Crippen LogP contribution in [0.2, 0.25) is 0 Å². The Morgan fingerprint density at radius 2 is 1.71 bits per heavy atom. The van der Waals surface area contributed by atoms with Gasteiger partial charge in [0.1, 0.15) is 0 Å². The van der Waals surface area contributed by atoms with Crippen molar-refractivity contribution in [2.45, 2.75) is 25.2 Å². The Balaban J connectivity index is 1.69. The van der Waals surface area contributed by atoms with Crippen LogP contribution in [0.4, 0.5) is 18.9 Å². The molecule has 1 aliphatic rings. The van der Waals surface area contributed by atoms with Gasteiger partial charge in [0.25, 0.3) is 0 Å². The molecule has 0 fully saturated rings. The second-order valence-corrected chi connectivity index (χ2v) is 6.86. The maximum atomic E-state index is 13.5. The molecule has 2 heterocycles. The maximum absolute atomic E-state index is 13.5. The van der Waals surface area contributed by atoms with Crippen LogP contribution in [-0.4, -0.2) is 22.8 Å². The Labute approximate surface area is 161 Å². The molecule has 0 saturated carbocycles. The summed E-state index contributed by atoms with van der Waals surface area (Å²) in [4.78, 5) is 6.23. The molecular weight excluding hydrogens is 365 g/mol. The van der Waals surface area contributed by atoms with E-state index in [9.17, 15) is 18.3 Å². The third kappa shape index (κ3) is 3.47. The first-order valence-corrected chi connectivity index (χ1v) is 9.03. The minimum absolute atomic E-state index is 0.0959. The summed E-state index contributed by atoms with van der Waals surface area (Å²) in [7, 11) is 0. The van der Waals surface area contributed by atoms with E-state index in [2.05, 4.69) is 4.98 Å². The molecule has 1 N–H and O–H groups in total. The Morgan fingerprint density at radius 1 is 0.964 bits per heavy atom. The molecule has 3 nitrogen and oxygen atoms in total. The highest BCUT2D eigenvalue weighted by molar-refractivity contribution is 5.66. The van der Waals surface area contributed by atoms with Gasteiger partial charge in [0, 0.05) is 24.3 Å². The van der Waals surface area contributed by atoms with Crippen molar-refractivity contribution in [3.63, 3.8) is 0 Å². The van der Waals surface area contributed by atoms with Gasteiger partial charge in [0.15, 0.2) is 0 Å². The predicted octanol–water partition coefficient (Wildman–Crippen LogP) is 4.91. The monoisotopic (exact) mass is 384 g/mol. The average molecular weight is 384 g/mol. The molecule has 1 aromatic heterocycles. The van der Waals surface area contributed by atoms with E-state index in [1.165, 1.54) is 0 Å². The average Bonchev–Trinajstić information content (AvgIpc) is 3.08. The van der Waals surface area contributed by atoms with E-state index >= 15 is 0 Å². The van der Waals surface area contributed by atoms with E-state index in [0.717, 1.165) is 11.1 Å². The summed E-state index contributed by atoms with van der Waals surface area (Å²) in [6, 6.07) is 19.7. The van der Waals surface area contributed by atoms with Crippen LogP contribution in [0.1, 0.15) is 22.7 Å². The lowest BCUT2D eigenvalue weighted by atomic mass is 10.0. The summed E-state index contributed by atoms with van der Waals surface area (Å²) >= 11 is 0. The molecule has 3 aromatic rings. The van der Waals surface area contributed by atoms with Gasteiger partial charge in [-0.2, -0.15) is 13.2 Å². The van der Waals surface area contributed by atoms with Gasteiger partial charge < -0.3 is 10.0 Å². The molecule has 6 heteroatoms. The number of nitrogens with zero attached hydrogens (tertiary/aromatic N) is 2. The van der Waals surface area contributed by atoms with Gasteiger partial charge in [-0.05, 0) is 29.3 Å². The lowest BCUT2D eigenvalue weighted by Gasteiger charge is -2.22. The summed E-state index contributed by atoms with van der Waals surface area (Å²) in [5.41, 5.74) is 3.94. The van der Waals surface area contributed by atoms with Crippen molar-refractivity contribution < 1.29 is 18.3 Å². The first kappa shape index (κ1) is 18.5. The number of pyridine rings is 1. The number of hydrogen-bond donors (Lipinski definition) is 1. The minimum atomic E-state index is -4.28. The third-order valence-electron chi connectivity index (χ3n) is 5.07. The number of anilines is 1. The summed E-state index contributed by atoms with van der Waals surface area (Å²) in [5.74, 6) is -1.48.